The van der Waals surface area contributed by atoms with Crippen LogP contribution in [0.3, 0.4) is 0 Å². The summed E-state index contributed by atoms with van der Waals surface area (Å²) >= 11 is 0. The number of Topliss-reactive ketones (excluding diaryl/α,β-unsaturated/α-hetero) is 1. The average molecular weight is 208 g/mol. The monoisotopic (exact) mass is 208 g/mol. The van der Waals surface area contributed by atoms with Crippen LogP contribution in [0.2, 0.25) is 0 Å². The molecule has 1 aliphatic carbocycles. The number of ketones is 1. The van der Waals surface area contributed by atoms with E-state index in [0.717, 1.165) is 31.6 Å². The molecular formula is C14H24O. The molecule has 0 radical (unpaired) electrons. The molecule has 0 aliphatic heterocycles. The Morgan fingerprint density at radius 3 is 2.80 bits per heavy atom. The lowest BCUT2D eigenvalue weighted by Gasteiger charge is -2.18. The van der Waals surface area contributed by atoms with Crippen molar-refractivity contribution in [3.05, 3.63) is 12.2 Å². The molecule has 0 bridgehead atoms. The highest BCUT2D eigenvalue weighted by Gasteiger charge is 2.20. The molecule has 1 atom stereocenters. The van der Waals surface area contributed by atoms with Gasteiger partial charge >= 0.3 is 0 Å². The van der Waals surface area contributed by atoms with Crippen molar-refractivity contribution in [2.75, 3.05) is 0 Å². The van der Waals surface area contributed by atoms with Gasteiger partial charge in [0.05, 0.1) is 0 Å². The lowest BCUT2D eigenvalue weighted by atomic mass is 9.85. The highest BCUT2D eigenvalue weighted by Crippen LogP contribution is 2.23. The Balaban J connectivity index is 2.15. The van der Waals surface area contributed by atoms with Crippen LogP contribution in [0.15, 0.2) is 12.2 Å². The molecule has 0 N–H and O–H groups in total. The lowest BCUT2D eigenvalue weighted by Crippen LogP contribution is -2.17. The van der Waals surface area contributed by atoms with Gasteiger partial charge in [0.2, 0.25) is 0 Å². The van der Waals surface area contributed by atoms with E-state index < -0.39 is 0 Å². The van der Waals surface area contributed by atoms with Gasteiger partial charge in [-0.15, -0.1) is 0 Å². The van der Waals surface area contributed by atoms with Crippen LogP contribution in [0.1, 0.15) is 58.8 Å². The van der Waals surface area contributed by atoms with Crippen molar-refractivity contribution < 1.29 is 4.79 Å². The van der Waals surface area contributed by atoms with Crippen molar-refractivity contribution in [1.82, 2.24) is 0 Å². The molecule has 1 saturated carbocycles. The number of hydrogen-bond donors (Lipinski definition) is 0. The second-order valence-corrected chi connectivity index (χ2v) is 5.09. The third-order valence-corrected chi connectivity index (χ3v) is 3.18. The molecule has 1 aliphatic rings. The normalized spacial score (nSPS) is 22.9. The number of carbonyl (C=O) groups excluding carboxylic acids is 1. The fourth-order valence-corrected chi connectivity index (χ4v) is 2.11. The third kappa shape index (κ3) is 5.15. The van der Waals surface area contributed by atoms with Gasteiger partial charge in [-0.25, -0.2) is 0 Å². The van der Waals surface area contributed by atoms with Crippen LogP contribution in [0.25, 0.3) is 0 Å². The van der Waals surface area contributed by atoms with Crippen LogP contribution in [0.4, 0.5) is 0 Å². The molecule has 0 saturated heterocycles. The van der Waals surface area contributed by atoms with Crippen molar-refractivity contribution >= 4 is 5.78 Å². The molecule has 0 aromatic heterocycles. The number of carbonyl (C=O) groups is 1. The smallest absolute Gasteiger partial charge is 0.136 e. The van der Waals surface area contributed by atoms with E-state index >= 15 is 0 Å². The quantitative estimate of drug-likeness (QED) is 0.621. The van der Waals surface area contributed by atoms with E-state index in [-0.39, 0.29) is 0 Å². The number of allylic oxidation sites excluding steroid dienone is 2. The summed E-state index contributed by atoms with van der Waals surface area (Å²) in [6.07, 6.45) is 12.2. The van der Waals surface area contributed by atoms with Crippen molar-refractivity contribution in [1.29, 1.82) is 0 Å². The molecule has 0 heterocycles. The maximum Gasteiger partial charge on any atom is 0.136 e. The summed E-state index contributed by atoms with van der Waals surface area (Å²) < 4.78 is 0. The Hall–Kier alpha value is -0.590. The first-order chi connectivity index (χ1) is 7.20. The minimum atomic E-state index is 0.342. The van der Waals surface area contributed by atoms with Gasteiger partial charge in [-0.1, -0.05) is 32.4 Å². The van der Waals surface area contributed by atoms with Crippen LogP contribution in [0, 0.1) is 11.8 Å². The van der Waals surface area contributed by atoms with E-state index in [1.165, 1.54) is 19.3 Å². The Morgan fingerprint density at radius 2 is 2.13 bits per heavy atom. The second-order valence-electron chi connectivity index (χ2n) is 5.09. The van der Waals surface area contributed by atoms with Gasteiger partial charge in [-0.2, -0.15) is 0 Å². The Kier molecular flexibility index (Phi) is 5.67. The SMILES string of the molecule is CC(C)CCC=CCC1CCCCC1=O. The van der Waals surface area contributed by atoms with Gasteiger partial charge < -0.3 is 0 Å². The Morgan fingerprint density at radius 1 is 1.33 bits per heavy atom. The van der Waals surface area contributed by atoms with Crippen LogP contribution in [0.5, 0.6) is 0 Å². The van der Waals surface area contributed by atoms with Gasteiger partial charge in [0.25, 0.3) is 0 Å². The first-order valence-electron chi connectivity index (χ1n) is 6.38. The topological polar surface area (TPSA) is 17.1 Å². The van der Waals surface area contributed by atoms with Crippen molar-refractivity contribution in [3.8, 4) is 0 Å². The van der Waals surface area contributed by atoms with E-state index in [4.69, 9.17) is 0 Å². The van der Waals surface area contributed by atoms with E-state index in [2.05, 4.69) is 26.0 Å². The average Bonchev–Trinajstić information content (AvgIpc) is 2.20. The molecule has 1 heteroatoms. The minimum Gasteiger partial charge on any atom is -0.299 e. The maximum atomic E-state index is 11.5. The fourth-order valence-electron chi connectivity index (χ4n) is 2.11. The largest absolute Gasteiger partial charge is 0.299 e. The highest BCUT2D eigenvalue weighted by molar-refractivity contribution is 5.81. The summed E-state index contributed by atoms with van der Waals surface area (Å²) in [5.41, 5.74) is 0. The van der Waals surface area contributed by atoms with Crippen LogP contribution < -0.4 is 0 Å². The molecule has 1 unspecified atom stereocenters. The Bertz CT molecular complexity index is 215. The van der Waals surface area contributed by atoms with Gasteiger partial charge in [-0.05, 0) is 38.0 Å². The van der Waals surface area contributed by atoms with E-state index in [1.807, 2.05) is 0 Å². The summed E-state index contributed by atoms with van der Waals surface area (Å²) in [5.74, 6) is 1.62. The van der Waals surface area contributed by atoms with Crippen molar-refractivity contribution in [2.45, 2.75) is 58.8 Å². The molecule has 1 nitrogen and oxygen atoms in total. The molecule has 0 aromatic rings. The molecule has 15 heavy (non-hydrogen) atoms. The zero-order valence-corrected chi connectivity index (χ0v) is 10.2. The zero-order valence-electron chi connectivity index (χ0n) is 10.2. The van der Waals surface area contributed by atoms with Gasteiger partial charge in [0, 0.05) is 12.3 Å². The molecular weight excluding hydrogens is 184 g/mol. The lowest BCUT2D eigenvalue weighted by molar-refractivity contribution is -0.124. The molecule has 86 valence electrons. The Labute approximate surface area is 93.9 Å². The molecule has 0 amide bonds. The zero-order chi connectivity index (χ0) is 11.1. The predicted molar refractivity (Wildman–Crippen MR) is 64.8 cm³/mol. The molecule has 0 spiro atoms. The van der Waals surface area contributed by atoms with Crippen LogP contribution in [-0.2, 0) is 4.79 Å². The summed E-state index contributed by atoms with van der Waals surface area (Å²) in [5, 5.41) is 0. The first-order valence-corrected chi connectivity index (χ1v) is 6.38. The van der Waals surface area contributed by atoms with E-state index in [0.29, 0.717) is 11.7 Å². The molecule has 1 fully saturated rings. The van der Waals surface area contributed by atoms with Crippen molar-refractivity contribution in [3.63, 3.8) is 0 Å². The molecule has 0 aromatic carbocycles. The standard InChI is InChI=1S/C14H24O/c1-12(2)8-4-3-5-9-13-10-6-7-11-14(13)15/h3,5,12-13H,4,6-11H2,1-2H3. The second kappa shape index (κ2) is 6.81. The maximum absolute atomic E-state index is 11.5. The minimum absolute atomic E-state index is 0.342. The number of rotatable bonds is 5. The summed E-state index contributed by atoms with van der Waals surface area (Å²) in [4.78, 5) is 11.5. The molecule has 1 rings (SSSR count). The predicted octanol–water partition coefficient (Wildman–Crippen LogP) is 4.13. The first kappa shape index (κ1) is 12.5. The highest BCUT2D eigenvalue weighted by atomic mass is 16.1. The van der Waals surface area contributed by atoms with Crippen LogP contribution in [-0.4, -0.2) is 5.78 Å². The summed E-state index contributed by atoms with van der Waals surface area (Å²) in [6, 6.07) is 0. The van der Waals surface area contributed by atoms with Crippen LogP contribution >= 0.6 is 0 Å². The van der Waals surface area contributed by atoms with Gasteiger partial charge in [0.1, 0.15) is 5.78 Å². The van der Waals surface area contributed by atoms with Gasteiger partial charge in [-0.3, -0.25) is 4.79 Å². The van der Waals surface area contributed by atoms with Crippen molar-refractivity contribution in [2.24, 2.45) is 11.8 Å². The van der Waals surface area contributed by atoms with Gasteiger partial charge in [0.15, 0.2) is 0 Å². The number of hydrogen-bond acceptors (Lipinski definition) is 1. The van der Waals surface area contributed by atoms with E-state index in [1.54, 1.807) is 0 Å². The third-order valence-electron chi connectivity index (χ3n) is 3.18. The summed E-state index contributed by atoms with van der Waals surface area (Å²) in [6.45, 7) is 4.50. The fraction of sp³-hybridized carbons (Fsp3) is 0.786. The summed E-state index contributed by atoms with van der Waals surface area (Å²) in [7, 11) is 0. The van der Waals surface area contributed by atoms with E-state index in [9.17, 15) is 4.79 Å².